The number of aliphatic hydroxyl groups is 1. The van der Waals surface area contributed by atoms with Crippen molar-refractivity contribution in [2.45, 2.75) is 36.9 Å². The van der Waals surface area contributed by atoms with Crippen LogP contribution >= 0.6 is 0 Å². The Morgan fingerprint density at radius 1 is 0.581 bits per heavy atom. The number of aliphatic carboxylic acids is 5. The van der Waals surface area contributed by atoms with E-state index in [2.05, 4.69) is 4.74 Å². The molecule has 0 aliphatic heterocycles. The van der Waals surface area contributed by atoms with Crippen molar-refractivity contribution in [3.05, 3.63) is 0 Å². The summed E-state index contributed by atoms with van der Waals surface area (Å²) in [5, 5.41) is 53.5. The first-order valence-corrected chi connectivity index (χ1v) is 6.30. The Morgan fingerprint density at radius 3 is 1.13 bits per heavy atom. The van der Waals surface area contributed by atoms with E-state index >= 15 is 0 Å². The third-order valence-corrected chi connectivity index (χ3v) is 2.85. The average Bonchev–Trinajstić information content (AvgIpc) is 2.34. The number of ether oxygens (including phenoxy) is 1. The summed E-state index contributed by atoms with van der Waals surface area (Å²) in [5.74, 6) is -11.6. The maximum atomic E-state index is 11.7. The fourth-order valence-corrected chi connectivity index (χ4v) is 1.77. The van der Waals surface area contributed by atoms with Gasteiger partial charge in [0.2, 0.25) is 5.60 Å². The van der Waals surface area contributed by atoms with Crippen LogP contribution in [0, 0.1) is 0 Å². The minimum atomic E-state index is -3.17. The van der Waals surface area contributed by atoms with Crippen molar-refractivity contribution in [3.63, 3.8) is 0 Å². The monoisotopic (exact) mass is 510 g/mol. The van der Waals surface area contributed by atoms with E-state index < -0.39 is 72.7 Å². The van der Waals surface area contributed by atoms with Crippen LogP contribution in [0.5, 0.6) is 0 Å². The van der Waals surface area contributed by atoms with E-state index in [1.165, 1.54) is 0 Å². The second-order valence-electron chi connectivity index (χ2n) is 5.00. The van der Waals surface area contributed by atoms with Gasteiger partial charge >= 0.3 is 213 Å². The Hall–Kier alpha value is 2.78. The molecule has 0 aliphatic rings. The normalized spacial score (nSPS) is 10.7. The molecule has 0 saturated carbocycles. The number of hydrogen-bond acceptors (Lipinski definition) is 8. The van der Waals surface area contributed by atoms with Gasteiger partial charge in [-0.05, 0) is 0 Å². The second-order valence-corrected chi connectivity index (χ2v) is 5.00. The molecule has 0 aliphatic carbocycles. The van der Waals surface area contributed by atoms with E-state index in [0.717, 1.165) is 0 Å². The van der Waals surface area contributed by atoms with Crippen LogP contribution in [0.1, 0.15) is 34.2 Å². The molecular formula is C12H20Na6O13. The molecule has 0 aromatic heterocycles. The van der Waals surface area contributed by atoms with Crippen molar-refractivity contribution < 1.29 is 250 Å². The largest absolute Gasteiger partial charge is 1.00 e. The maximum absolute atomic E-state index is 11.7. The smallest absolute Gasteiger partial charge is 1.00 e. The zero-order valence-corrected chi connectivity index (χ0v) is 30.4. The number of rotatable bonds is 11. The van der Waals surface area contributed by atoms with Crippen molar-refractivity contribution in [3.8, 4) is 0 Å². The Labute approximate surface area is 317 Å². The van der Waals surface area contributed by atoms with Crippen LogP contribution in [-0.4, -0.2) is 77.7 Å². The number of carbonyl (C=O) groups is 6. The molecule has 152 valence electrons. The topological polar surface area (TPSA) is 233 Å². The van der Waals surface area contributed by atoms with E-state index in [9.17, 15) is 33.9 Å². The Kier molecular flexibility index (Phi) is 37.9. The second kappa shape index (κ2) is 23.2. The molecule has 0 aromatic rings. The van der Waals surface area contributed by atoms with Crippen LogP contribution in [0.2, 0.25) is 0 Å². The molecule has 0 rings (SSSR count). The fourth-order valence-electron chi connectivity index (χ4n) is 1.77. The minimum absolute atomic E-state index is 0. The molecule has 13 nitrogen and oxygen atoms in total. The zero-order valence-electron chi connectivity index (χ0n) is 24.4. The summed E-state index contributed by atoms with van der Waals surface area (Å²) in [6, 6.07) is 0. The Balaban J connectivity index is -0.0000000436. The fraction of sp³-hybridized carbons (Fsp3) is 0.500. The predicted molar refractivity (Wildman–Crippen MR) is 77.1 cm³/mol. The quantitative estimate of drug-likeness (QED) is 0.112. The standard InChI is InChI=1S/C12H14O13.6Na.6H/c13-5(14)1-11(24,9(20)21)4-8(19)25-12(10(22)23,2-6(15)16)3-7(17)18;;;;;;;;;;;;/h24H,1-4H2,(H,13,14)(H,15,16)(H,17,18)(H,20,21)(H,22,23);;;;;;;;;;;;/q;6*+1;6*-1. The van der Waals surface area contributed by atoms with E-state index in [4.69, 9.17) is 25.5 Å². The Morgan fingerprint density at radius 2 is 0.903 bits per heavy atom. The van der Waals surface area contributed by atoms with Gasteiger partial charge in [0, 0.05) is 0 Å². The van der Waals surface area contributed by atoms with Crippen molar-refractivity contribution in [1.82, 2.24) is 0 Å². The molecule has 0 spiro atoms. The molecule has 0 amide bonds. The number of hydrogen-bond donors (Lipinski definition) is 6. The van der Waals surface area contributed by atoms with E-state index in [1.54, 1.807) is 0 Å². The predicted octanol–water partition coefficient (Wildman–Crippen LogP) is -19.3. The molecule has 19 heteroatoms. The SMILES string of the molecule is O=C(O)CC(O)(CC(=O)OC(CC(=O)O)(CC(=O)O)C(=O)O)C(=O)O.[H-].[H-].[H-].[H-].[H-].[H-].[Na+].[Na+].[Na+].[Na+].[Na+].[Na+]. The van der Waals surface area contributed by atoms with Gasteiger partial charge in [-0.3, -0.25) is 19.2 Å². The van der Waals surface area contributed by atoms with Gasteiger partial charge in [-0.15, -0.1) is 0 Å². The molecule has 0 saturated heterocycles. The van der Waals surface area contributed by atoms with Crippen LogP contribution in [0.4, 0.5) is 0 Å². The molecule has 0 radical (unpaired) electrons. The number of carbonyl (C=O) groups excluding carboxylic acids is 1. The van der Waals surface area contributed by atoms with Gasteiger partial charge < -0.3 is 43.9 Å². The number of carboxylic acid groups (broad SMARTS) is 5. The molecule has 0 aromatic carbocycles. The van der Waals surface area contributed by atoms with Crippen molar-refractivity contribution in [1.29, 1.82) is 0 Å². The first kappa shape index (κ1) is 50.6. The summed E-state index contributed by atoms with van der Waals surface area (Å²) in [5.41, 5.74) is -6.24. The summed E-state index contributed by atoms with van der Waals surface area (Å²) < 4.78 is 4.33. The van der Waals surface area contributed by atoms with Crippen LogP contribution in [-0.2, 0) is 33.5 Å². The van der Waals surface area contributed by atoms with Crippen molar-refractivity contribution in [2.75, 3.05) is 0 Å². The Bertz CT molecular complexity index is 636. The minimum Gasteiger partial charge on any atom is -1.00 e. The van der Waals surface area contributed by atoms with E-state index in [0.29, 0.717) is 0 Å². The maximum Gasteiger partial charge on any atom is 1.00 e. The van der Waals surface area contributed by atoms with Crippen molar-refractivity contribution in [2.24, 2.45) is 0 Å². The molecule has 0 heterocycles. The van der Waals surface area contributed by atoms with Gasteiger partial charge in [-0.25, -0.2) is 9.59 Å². The first-order valence-electron chi connectivity index (χ1n) is 6.30. The molecule has 31 heavy (non-hydrogen) atoms. The van der Waals surface area contributed by atoms with Gasteiger partial charge in [0.05, 0.1) is 25.7 Å². The summed E-state index contributed by atoms with van der Waals surface area (Å²) in [6.07, 6.45) is -5.94. The van der Waals surface area contributed by atoms with Crippen LogP contribution < -0.4 is 177 Å². The molecule has 0 bridgehead atoms. The number of carboxylic acids is 5. The summed E-state index contributed by atoms with van der Waals surface area (Å²) in [7, 11) is 0. The van der Waals surface area contributed by atoms with Crippen LogP contribution in [0.25, 0.3) is 0 Å². The molecule has 1 atom stereocenters. The van der Waals surface area contributed by atoms with Crippen LogP contribution in [0.15, 0.2) is 0 Å². The zero-order chi connectivity index (χ0) is 20.0. The van der Waals surface area contributed by atoms with Gasteiger partial charge in [0.1, 0.15) is 0 Å². The average molecular weight is 510 g/mol. The number of esters is 1. The molecule has 0 fully saturated rings. The third kappa shape index (κ3) is 19.6. The van der Waals surface area contributed by atoms with Crippen molar-refractivity contribution >= 4 is 35.8 Å². The van der Waals surface area contributed by atoms with Gasteiger partial charge in [-0.2, -0.15) is 0 Å². The van der Waals surface area contributed by atoms with Gasteiger partial charge in [0.15, 0.2) is 5.60 Å². The summed E-state index contributed by atoms with van der Waals surface area (Å²) in [6.45, 7) is 0. The van der Waals surface area contributed by atoms with E-state index in [-0.39, 0.29) is 186 Å². The van der Waals surface area contributed by atoms with Crippen LogP contribution in [0.3, 0.4) is 0 Å². The molecule has 1 unspecified atom stereocenters. The molecular weight excluding hydrogens is 490 g/mol. The first-order chi connectivity index (χ1) is 11.2. The van der Waals surface area contributed by atoms with Gasteiger partial charge in [0.25, 0.3) is 0 Å². The van der Waals surface area contributed by atoms with Gasteiger partial charge in [-0.1, -0.05) is 0 Å². The summed E-state index contributed by atoms with van der Waals surface area (Å²) >= 11 is 0. The van der Waals surface area contributed by atoms with E-state index in [1.807, 2.05) is 0 Å². The summed E-state index contributed by atoms with van der Waals surface area (Å²) in [4.78, 5) is 66.0. The third-order valence-electron chi connectivity index (χ3n) is 2.85. The molecule has 6 N–H and O–H groups in total.